The first-order valence-electron chi connectivity index (χ1n) is 13.9. The highest BCUT2D eigenvalue weighted by Crippen LogP contribution is 2.39. The van der Waals surface area contributed by atoms with Crippen LogP contribution in [0.25, 0.3) is 0 Å². The summed E-state index contributed by atoms with van der Waals surface area (Å²) in [5.74, 6) is -0.323. The second-order valence-electron chi connectivity index (χ2n) is 10.7. The van der Waals surface area contributed by atoms with Gasteiger partial charge in [-0.25, -0.2) is 8.42 Å². The average molecular weight is 559 g/mol. The molecule has 3 aliphatic heterocycles. The lowest BCUT2D eigenvalue weighted by Crippen LogP contribution is -2.41. The van der Waals surface area contributed by atoms with E-state index in [0.29, 0.717) is 22.7 Å². The summed E-state index contributed by atoms with van der Waals surface area (Å²) in [5.41, 5.74) is 2.09. The van der Waals surface area contributed by atoms with E-state index < -0.39 is 10.0 Å². The van der Waals surface area contributed by atoms with Crippen molar-refractivity contribution in [3.63, 3.8) is 0 Å². The van der Waals surface area contributed by atoms with Crippen LogP contribution in [0.15, 0.2) is 29.2 Å². The van der Waals surface area contributed by atoms with Crippen LogP contribution in [0.4, 0.5) is 5.00 Å². The molecule has 206 valence electrons. The number of hydrogen-bond donors (Lipinski definition) is 1. The fourth-order valence-electron chi connectivity index (χ4n) is 5.87. The molecule has 1 N–H and O–H groups in total. The molecule has 1 unspecified atom stereocenters. The molecule has 1 aromatic carbocycles. The number of hydrogen-bond acceptors (Lipinski definition) is 6. The second-order valence-corrected chi connectivity index (χ2v) is 13.7. The van der Waals surface area contributed by atoms with Gasteiger partial charge in [0.05, 0.1) is 10.5 Å². The Kier molecular flexibility index (Phi) is 8.23. The number of nitrogens with zero attached hydrogens (tertiary/aromatic N) is 3. The maximum Gasteiger partial charge on any atom is 0.257 e. The number of carbonyl (C=O) groups excluding carboxylic acids is 2. The Morgan fingerprint density at radius 2 is 1.74 bits per heavy atom. The van der Waals surface area contributed by atoms with Gasteiger partial charge in [0.15, 0.2) is 0 Å². The molecule has 0 spiro atoms. The van der Waals surface area contributed by atoms with Crippen LogP contribution in [0.1, 0.15) is 83.5 Å². The number of carbonyl (C=O) groups is 2. The molecule has 0 saturated carbocycles. The minimum atomic E-state index is -3.60. The van der Waals surface area contributed by atoms with Crippen molar-refractivity contribution in [2.24, 2.45) is 0 Å². The first-order valence-corrected chi connectivity index (χ1v) is 16.1. The summed E-state index contributed by atoms with van der Waals surface area (Å²) in [4.78, 5) is 32.5. The van der Waals surface area contributed by atoms with Gasteiger partial charge in [0.1, 0.15) is 5.00 Å². The van der Waals surface area contributed by atoms with Crippen molar-refractivity contribution in [1.29, 1.82) is 0 Å². The van der Waals surface area contributed by atoms with Crippen molar-refractivity contribution in [2.45, 2.75) is 76.3 Å². The van der Waals surface area contributed by atoms with Gasteiger partial charge >= 0.3 is 0 Å². The van der Waals surface area contributed by atoms with Gasteiger partial charge in [-0.15, -0.1) is 11.3 Å². The molecule has 1 aromatic heterocycles. The molecular formula is C28H38N4O4S2. The summed E-state index contributed by atoms with van der Waals surface area (Å²) < 4.78 is 27.9. The average Bonchev–Trinajstić information content (AvgIpc) is 3.57. The third-order valence-corrected chi connectivity index (χ3v) is 11.1. The highest BCUT2D eigenvalue weighted by Gasteiger charge is 2.33. The predicted molar refractivity (Wildman–Crippen MR) is 150 cm³/mol. The molecular weight excluding hydrogens is 520 g/mol. The quantitative estimate of drug-likeness (QED) is 0.538. The molecule has 5 rings (SSSR count). The van der Waals surface area contributed by atoms with Gasteiger partial charge in [0.2, 0.25) is 10.0 Å². The van der Waals surface area contributed by atoms with Crippen LogP contribution in [0, 0.1) is 0 Å². The Morgan fingerprint density at radius 3 is 2.42 bits per heavy atom. The fourth-order valence-corrected chi connectivity index (χ4v) is 8.85. The fraction of sp³-hybridized carbons (Fsp3) is 0.571. The van der Waals surface area contributed by atoms with Crippen LogP contribution in [-0.2, 0) is 23.0 Å². The van der Waals surface area contributed by atoms with Crippen molar-refractivity contribution in [3.05, 3.63) is 45.8 Å². The zero-order valence-corrected chi connectivity index (χ0v) is 24.0. The number of amides is 2. The number of nitrogens with one attached hydrogen (secondary N) is 1. The minimum Gasteiger partial charge on any atom is -0.339 e. The lowest BCUT2D eigenvalue weighted by Gasteiger charge is -2.32. The lowest BCUT2D eigenvalue weighted by molar-refractivity contribution is 0.0792. The molecule has 1 atom stereocenters. The lowest BCUT2D eigenvalue weighted by atomic mass is 10.0. The number of anilines is 1. The van der Waals surface area contributed by atoms with E-state index in [1.165, 1.54) is 23.5 Å². The molecule has 2 amide bonds. The summed E-state index contributed by atoms with van der Waals surface area (Å²) >= 11 is 1.50. The van der Waals surface area contributed by atoms with Crippen LogP contribution in [0.2, 0.25) is 0 Å². The number of sulfonamides is 1. The van der Waals surface area contributed by atoms with Gasteiger partial charge in [-0.05, 0) is 81.8 Å². The van der Waals surface area contributed by atoms with Gasteiger partial charge < -0.3 is 10.2 Å². The molecule has 2 fully saturated rings. The third-order valence-electron chi connectivity index (χ3n) is 7.98. The summed E-state index contributed by atoms with van der Waals surface area (Å²) in [7, 11) is -3.60. The number of likely N-dealkylation sites (tertiary alicyclic amines) is 1. The molecule has 0 radical (unpaired) electrons. The van der Waals surface area contributed by atoms with Gasteiger partial charge in [-0.2, -0.15) is 4.31 Å². The molecule has 3 aliphatic rings. The largest absolute Gasteiger partial charge is 0.339 e. The summed E-state index contributed by atoms with van der Waals surface area (Å²) in [6.45, 7) is 8.87. The van der Waals surface area contributed by atoms with Gasteiger partial charge in [0, 0.05) is 49.2 Å². The topological polar surface area (TPSA) is 90.0 Å². The first kappa shape index (κ1) is 27.3. The molecule has 0 aliphatic carbocycles. The second kappa shape index (κ2) is 11.5. The highest BCUT2D eigenvalue weighted by atomic mass is 32.2. The zero-order valence-electron chi connectivity index (χ0n) is 22.4. The summed E-state index contributed by atoms with van der Waals surface area (Å²) in [6.07, 6.45) is 6.66. The van der Waals surface area contributed by atoms with Crippen molar-refractivity contribution in [2.75, 3.05) is 38.0 Å². The van der Waals surface area contributed by atoms with Crippen LogP contribution < -0.4 is 5.32 Å². The number of rotatable bonds is 7. The van der Waals surface area contributed by atoms with E-state index in [9.17, 15) is 18.0 Å². The molecule has 38 heavy (non-hydrogen) atoms. The minimum absolute atomic E-state index is 0.0105. The van der Waals surface area contributed by atoms with Crippen LogP contribution in [0.5, 0.6) is 0 Å². The highest BCUT2D eigenvalue weighted by molar-refractivity contribution is 7.89. The van der Waals surface area contributed by atoms with Crippen LogP contribution >= 0.6 is 11.3 Å². The number of thiophene rings is 1. The Labute approximate surface area is 230 Å². The first-order chi connectivity index (χ1) is 18.3. The summed E-state index contributed by atoms with van der Waals surface area (Å²) in [6, 6.07) is 6.14. The predicted octanol–water partition coefficient (Wildman–Crippen LogP) is 4.57. The Morgan fingerprint density at radius 1 is 1.03 bits per heavy atom. The maximum absolute atomic E-state index is 13.6. The van der Waals surface area contributed by atoms with Crippen LogP contribution in [0.3, 0.4) is 0 Å². The molecule has 2 aromatic rings. The van der Waals surface area contributed by atoms with Crippen molar-refractivity contribution in [3.8, 4) is 0 Å². The number of fused-ring (bicyclic) bond motifs is 1. The maximum atomic E-state index is 13.6. The summed E-state index contributed by atoms with van der Waals surface area (Å²) in [5, 5.41) is 3.62. The van der Waals surface area contributed by atoms with Crippen molar-refractivity contribution >= 4 is 38.2 Å². The molecule has 8 nitrogen and oxygen atoms in total. The number of benzene rings is 1. The van der Waals surface area contributed by atoms with Gasteiger partial charge in [-0.3, -0.25) is 14.5 Å². The Bertz CT molecular complexity index is 1280. The monoisotopic (exact) mass is 558 g/mol. The Balaban J connectivity index is 1.38. The molecule has 0 bridgehead atoms. The molecule has 4 heterocycles. The van der Waals surface area contributed by atoms with E-state index in [0.717, 1.165) is 88.1 Å². The normalized spacial score (nSPS) is 20.9. The van der Waals surface area contributed by atoms with E-state index in [2.05, 4.69) is 17.1 Å². The van der Waals surface area contributed by atoms with Crippen molar-refractivity contribution in [1.82, 2.24) is 14.1 Å². The smallest absolute Gasteiger partial charge is 0.257 e. The van der Waals surface area contributed by atoms with Crippen molar-refractivity contribution < 1.29 is 18.0 Å². The van der Waals surface area contributed by atoms with E-state index in [1.807, 2.05) is 11.8 Å². The molecule has 10 heteroatoms. The zero-order chi connectivity index (χ0) is 26.9. The van der Waals surface area contributed by atoms with E-state index in [4.69, 9.17) is 0 Å². The van der Waals surface area contributed by atoms with E-state index in [-0.39, 0.29) is 22.8 Å². The van der Waals surface area contributed by atoms with E-state index in [1.54, 1.807) is 16.4 Å². The Hall–Kier alpha value is -2.27. The van der Waals surface area contributed by atoms with E-state index >= 15 is 0 Å². The third kappa shape index (κ3) is 5.41. The standard InChI is InChI=1S/C28H38N4O4S2/c1-3-14-30-18-13-23-24(19-30)37-27(25(23)28(34)31-15-6-7-16-31)29-26(33)21-9-11-22(12-10-21)38(35,36)32-17-5-4-8-20(32)2/h9-12,20H,3-8,13-19H2,1-2H3,(H,29,33). The van der Waals surface area contributed by atoms with Gasteiger partial charge in [-0.1, -0.05) is 13.3 Å². The van der Waals surface area contributed by atoms with Crippen LogP contribution in [-0.4, -0.2) is 73.1 Å². The molecule has 2 saturated heterocycles. The van der Waals surface area contributed by atoms with Gasteiger partial charge in [0.25, 0.3) is 11.8 Å². The number of piperidine rings is 1. The SMILES string of the molecule is CCCN1CCc2c(sc(NC(=O)c3ccc(S(=O)(=O)N4CCCCC4C)cc3)c2C(=O)N2CCCC2)C1.